The van der Waals surface area contributed by atoms with E-state index < -0.39 is 12.0 Å². The van der Waals surface area contributed by atoms with E-state index in [4.69, 9.17) is 4.74 Å². The number of carboxylic acids is 1. The molecule has 0 aromatic heterocycles. The molecule has 2 atom stereocenters. The molecule has 0 saturated carbocycles. The van der Waals surface area contributed by atoms with E-state index in [-0.39, 0.29) is 18.4 Å². The highest BCUT2D eigenvalue weighted by atomic mass is 16.5. The summed E-state index contributed by atoms with van der Waals surface area (Å²) >= 11 is 0. The molecular formula is C16H22N2O4. The number of amides is 1. The van der Waals surface area contributed by atoms with Crippen molar-refractivity contribution < 1.29 is 19.4 Å². The monoisotopic (exact) mass is 306 g/mol. The molecule has 1 aromatic rings. The Morgan fingerprint density at radius 2 is 2.09 bits per heavy atom. The van der Waals surface area contributed by atoms with E-state index in [2.05, 4.69) is 10.6 Å². The molecule has 1 heterocycles. The molecule has 0 aliphatic carbocycles. The zero-order valence-corrected chi connectivity index (χ0v) is 12.7. The molecule has 0 radical (unpaired) electrons. The van der Waals surface area contributed by atoms with E-state index >= 15 is 0 Å². The normalized spacial score (nSPS) is 18.9. The first-order chi connectivity index (χ1) is 10.5. The molecule has 1 saturated heterocycles. The van der Waals surface area contributed by atoms with Gasteiger partial charge in [-0.05, 0) is 31.9 Å². The lowest BCUT2D eigenvalue weighted by Gasteiger charge is -2.17. The third-order valence-electron chi connectivity index (χ3n) is 3.64. The zero-order chi connectivity index (χ0) is 15.9. The molecule has 0 bridgehead atoms. The molecule has 3 N–H and O–H groups in total. The van der Waals surface area contributed by atoms with Crippen molar-refractivity contribution in [2.45, 2.75) is 38.3 Å². The summed E-state index contributed by atoms with van der Waals surface area (Å²) in [4.78, 5) is 23.2. The largest absolute Gasteiger partial charge is 0.480 e. The lowest BCUT2D eigenvalue weighted by Crippen LogP contribution is -2.43. The number of ether oxygens (including phenoxy) is 1. The van der Waals surface area contributed by atoms with Gasteiger partial charge in [0.05, 0.1) is 12.5 Å². The number of hydrogen-bond acceptors (Lipinski definition) is 4. The van der Waals surface area contributed by atoms with Crippen molar-refractivity contribution in [2.24, 2.45) is 0 Å². The molecule has 120 valence electrons. The molecule has 6 nitrogen and oxygen atoms in total. The van der Waals surface area contributed by atoms with Gasteiger partial charge in [-0.25, -0.2) is 0 Å². The van der Waals surface area contributed by atoms with Crippen LogP contribution in [0.25, 0.3) is 0 Å². The average molecular weight is 306 g/mol. The number of aryl methyl sites for hydroxylation is 1. The first-order valence-corrected chi connectivity index (χ1v) is 7.49. The Kier molecular flexibility index (Phi) is 5.91. The second-order valence-electron chi connectivity index (χ2n) is 5.55. The molecule has 1 aliphatic rings. The summed E-state index contributed by atoms with van der Waals surface area (Å²) in [5, 5.41) is 14.8. The maximum Gasteiger partial charge on any atom is 0.321 e. The van der Waals surface area contributed by atoms with Gasteiger partial charge in [-0.3, -0.25) is 9.59 Å². The van der Waals surface area contributed by atoms with Gasteiger partial charge >= 0.3 is 5.97 Å². The summed E-state index contributed by atoms with van der Waals surface area (Å²) in [5.41, 5.74) is 1.76. The molecule has 0 unspecified atom stereocenters. The predicted octanol–water partition coefficient (Wildman–Crippen LogP) is 1.55. The molecule has 1 amide bonds. The van der Waals surface area contributed by atoms with Crippen LogP contribution >= 0.6 is 0 Å². The van der Waals surface area contributed by atoms with Crippen molar-refractivity contribution >= 4 is 17.6 Å². The van der Waals surface area contributed by atoms with Crippen molar-refractivity contribution in [1.82, 2.24) is 5.32 Å². The highest BCUT2D eigenvalue weighted by Gasteiger charge is 2.23. The van der Waals surface area contributed by atoms with Crippen molar-refractivity contribution in [2.75, 3.05) is 18.5 Å². The Bertz CT molecular complexity index is 509. The van der Waals surface area contributed by atoms with E-state index in [1.165, 1.54) is 0 Å². The molecule has 1 fully saturated rings. The van der Waals surface area contributed by atoms with Gasteiger partial charge in [0.15, 0.2) is 0 Å². The van der Waals surface area contributed by atoms with Crippen LogP contribution in [0.5, 0.6) is 0 Å². The zero-order valence-electron chi connectivity index (χ0n) is 12.7. The maximum atomic E-state index is 12.0. The maximum absolute atomic E-state index is 12.0. The average Bonchev–Trinajstić information content (AvgIpc) is 2.99. The molecule has 0 spiro atoms. The summed E-state index contributed by atoms with van der Waals surface area (Å²) in [5.74, 6) is -1.35. The van der Waals surface area contributed by atoms with Crippen LogP contribution in [-0.4, -0.2) is 42.3 Å². The van der Waals surface area contributed by atoms with Crippen LogP contribution in [0, 0.1) is 6.92 Å². The molecule has 1 aliphatic heterocycles. The van der Waals surface area contributed by atoms with Crippen LogP contribution in [0.4, 0.5) is 5.69 Å². The highest BCUT2D eigenvalue weighted by molar-refractivity contribution is 5.94. The van der Waals surface area contributed by atoms with Gasteiger partial charge in [0.1, 0.15) is 6.04 Å². The topological polar surface area (TPSA) is 87.7 Å². The van der Waals surface area contributed by atoms with Crippen LogP contribution in [0.2, 0.25) is 0 Å². The molecule has 22 heavy (non-hydrogen) atoms. The fourth-order valence-corrected chi connectivity index (χ4v) is 2.36. The van der Waals surface area contributed by atoms with Crippen molar-refractivity contribution in [3.05, 3.63) is 29.8 Å². The minimum Gasteiger partial charge on any atom is -0.480 e. The third-order valence-corrected chi connectivity index (χ3v) is 3.64. The lowest BCUT2D eigenvalue weighted by molar-refractivity contribution is -0.141. The SMILES string of the molecule is Cc1ccc(NC(=O)C[C@H](NC[C@@H]2CCCO2)C(=O)O)cc1. The molecule has 1 aromatic carbocycles. The Balaban J connectivity index is 1.82. The Labute approximate surface area is 129 Å². The van der Waals surface area contributed by atoms with E-state index in [0.29, 0.717) is 12.2 Å². The first-order valence-electron chi connectivity index (χ1n) is 7.49. The Morgan fingerprint density at radius 3 is 2.68 bits per heavy atom. The van der Waals surface area contributed by atoms with Crippen molar-refractivity contribution in [1.29, 1.82) is 0 Å². The number of anilines is 1. The number of benzene rings is 1. The highest BCUT2D eigenvalue weighted by Crippen LogP contribution is 2.12. The molecular weight excluding hydrogens is 284 g/mol. The number of hydrogen-bond donors (Lipinski definition) is 3. The summed E-state index contributed by atoms with van der Waals surface area (Å²) in [6, 6.07) is 6.46. The van der Waals surface area contributed by atoms with Gasteiger partial charge in [0.2, 0.25) is 5.91 Å². The fourth-order valence-electron chi connectivity index (χ4n) is 2.36. The van der Waals surface area contributed by atoms with E-state index in [1.807, 2.05) is 19.1 Å². The summed E-state index contributed by atoms with van der Waals surface area (Å²) in [6.45, 7) is 3.13. The van der Waals surface area contributed by atoms with E-state index in [0.717, 1.165) is 25.0 Å². The smallest absolute Gasteiger partial charge is 0.321 e. The Hall–Kier alpha value is -1.92. The molecule has 2 rings (SSSR count). The number of carbonyl (C=O) groups is 2. The van der Waals surface area contributed by atoms with Crippen LogP contribution in [0.3, 0.4) is 0 Å². The van der Waals surface area contributed by atoms with Crippen LogP contribution < -0.4 is 10.6 Å². The molecule has 6 heteroatoms. The third kappa shape index (κ3) is 5.13. The second kappa shape index (κ2) is 7.91. The van der Waals surface area contributed by atoms with Crippen molar-refractivity contribution in [3.63, 3.8) is 0 Å². The minimum absolute atomic E-state index is 0.0435. The summed E-state index contributed by atoms with van der Waals surface area (Å²) in [7, 11) is 0. The van der Waals surface area contributed by atoms with E-state index in [9.17, 15) is 14.7 Å². The van der Waals surface area contributed by atoms with Gasteiger partial charge in [-0.15, -0.1) is 0 Å². The summed E-state index contributed by atoms with van der Waals surface area (Å²) < 4.78 is 5.44. The minimum atomic E-state index is -1.03. The number of carbonyl (C=O) groups excluding carboxylic acids is 1. The first kappa shape index (κ1) is 16.5. The van der Waals surface area contributed by atoms with Crippen LogP contribution in [-0.2, 0) is 14.3 Å². The van der Waals surface area contributed by atoms with Gasteiger partial charge in [-0.2, -0.15) is 0 Å². The Morgan fingerprint density at radius 1 is 1.36 bits per heavy atom. The quantitative estimate of drug-likeness (QED) is 0.711. The second-order valence-corrected chi connectivity index (χ2v) is 5.55. The summed E-state index contributed by atoms with van der Waals surface area (Å²) in [6.07, 6.45) is 1.85. The van der Waals surface area contributed by atoms with Crippen LogP contribution in [0.15, 0.2) is 24.3 Å². The number of nitrogens with one attached hydrogen (secondary N) is 2. The van der Waals surface area contributed by atoms with Gasteiger partial charge in [0.25, 0.3) is 0 Å². The van der Waals surface area contributed by atoms with Gasteiger partial charge in [-0.1, -0.05) is 17.7 Å². The number of aliphatic carboxylic acids is 1. The number of carboxylic acid groups (broad SMARTS) is 1. The lowest BCUT2D eigenvalue weighted by atomic mass is 10.1. The standard InChI is InChI=1S/C16H22N2O4/c1-11-4-6-12(7-5-11)18-15(19)9-14(16(20)21)17-10-13-3-2-8-22-13/h4-7,13-14,17H,2-3,8-10H2,1H3,(H,18,19)(H,20,21)/t13-,14-/m0/s1. The van der Waals surface area contributed by atoms with Crippen molar-refractivity contribution in [3.8, 4) is 0 Å². The van der Waals surface area contributed by atoms with Gasteiger partial charge < -0.3 is 20.5 Å². The number of rotatable bonds is 7. The predicted molar refractivity (Wildman–Crippen MR) is 82.8 cm³/mol. The fraction of sp³-hybridized carbons (Fsp3) is 0.500. The van der Waals surface area contributed by atoms with E-state index in [1.54, 1.807) is 12.1 Å². The van der Waals surface area contributed by atoms with Gasteiger partial charge in [0, 0.05) is 18.8 Å². The van der Waals surface area contributed by atoms with Crippen LogP contribution in [0.1, 0.15) is 24.8 Å².